The van der Waals surface area contributed by atoms with E-state index in [9.17, 15) is 18.0 Å². The van der Waals surface area contributed by atoms with Crippen LogP contribution in [-0.2, 0) is 4.79 Å². The Morgan fingerprint density at radius 3 is 2.50 bits per heavy atom. The molecule has 1 spiro atoms. The molecule has 1 unspecified atom stereocenters. The molecule has 1 saturated heterocycles. The van der Waals surface area contributed by atoms with E-state index < -0.39 is 12.1 Å². The molecule has 2 aromatic rings. The van der Waals surface area contributed by atoms with Gasteiger partial charge >= 0.3 is 12.1 Å². The number of likely N-dealkylation sites (tertiary alicyclic amines) is 1. The van der Waals surface area contributed by atoms with Crippen molar-refractivity contribution in [3.05, 3.63) is 66.5 Å². The first-order chi connectivity index (χ1) is 16.1. The van der Waals surface area contributed by atoms with Crippen molar-refractivity contribution in [2.75, 3.05) is 19.6 Å². The van der Waals surface area contributed by atoms with Crippen LogP contribution in [0.3, 0.4) is 0 Å². The molecule has 2 aliphatic heterocycles. The number of halogens is 3. The number of carboxylic acid groups (broad SMARTS) is 1. The summed E-state index contributed by atoms with van der Waals surface area (Å²) < 4.78 is 38.2. The van der Waals surface area contributed by atoms with E-state index in [-0.39, 0.29) is 17.6 Å². The maximum Gasteiger partial charge on any atom is 0.490 e. The lowest BCUT2D eigenvalue weighted by Gasteiger charge is -2.46. The topological polar surface area (TPSA) is 105 Å². The van der Waals surface area contributed by atoms with E-state index in [1.54, 1.807) is 6.07 Å². The van der Waals surface area contributed by atoms with Crippen LogP contribution in [0.1, 0.15) is 41.2 Å². The number of amides is 1. The Kier molecular flexibility index (Phi) is 7.87. The molecule has 0 saturated carbocycles. The molecule has 1 fully saturated rings. The summed E-state index contributed by atoms with van der Waals surface area (Å²) in [7, 11) is 0. The van der Waals surface area contributed by atoms with Crippen LogP contribution in [0.4, 0.5) is 13.2 Å². The number of carboxylic acids is 1. The van der Waals surface area contributed by atoms with E-state index in [4.69, 9.17) is 14.6 Å². The highest BCUT2D eigenvalue weighted by atomic mass is 19.4. The van der Waals surface area contributed by atoms with Crippen LogP contribution >= 0.6 is 0 Å². The zero-order valence-corrected chi connectivity index (χ0v) is 18.3. The van der Waals surface area contributed by atoms with Crippen molar-refractivity contribution in [1.82, 2.24) is 20.4 Å². The van der Waals surface area contributed by atoms with Gasteiger partial charge in [0.1, 0.15) is 11.4 Å². The minimum absolute atomic E-state index is 0.0819. The molecule has 4 rings (SSSR count). The summed E-state index contributed by atoms with van der Waals surface area (Å²) in [5.74, 6) is -2.02. The number of nitrogens with zero attached hydrogens (tertiary/aromatic N) is 3. The molecule has 1 aromatic carbocycles. The fourth-order valence-electron chi connectivity index (χ4n) is 4.05. The first kappa shape index (κ1) is 25.2. The van der Waals surface area contributed by atoms with E-state index in [0.29, 0.717) is 5.56 Å². The predicted molar refractivity (Wildman–Crippen MR) is 116 cm³/mol. The van der Waals surface area contributed by atoms with Crippen LogP contribution in [0.5, 0.6) is 5.75 Å². The van der Waals surface area contributed by atoms with E-state index in [1.807, 2.05) is 30.3 Å². The van der Waals surface area contributed by atoms with Gasteiger partial charge in [0, 0.05) is 31.6 Å². The van der Waals surface area contributed by atoms with Crippen LogP contribution in [0.15, 0.2) is 55.4 Å². The van der Waals surface area contributed by atoms with Crippen LogP contribution in [-0.4, -0.2) is 63.5 Å². The summed E-state index contributed by atoms with van der Waals surface area (Å²) in [5.41, 5.74) is 1.32. The van der Waals surface area contributed by atoms with Gasteiger partial charge in [-0.2, -0.15) is 23.4 Å². The quantitative estimate of drug-likeness (QED) is 0.649. The molecule has 1 aromatic heterocycles. The number of hydrogen-bond acceptors (Lipinski definition) is 6. The fraction of sp³-hybridized carbons (Fsp3) is 0.391. The van der Waals surface area contributed by atoms with Crippen molar-refractivity contribution in [3.8, 4) is 5.75 Å². The molecule has 0 bridgehead atoms. The van der Waals surface area contributed by atoms with Gasteiger partial charge in [0.15, 0.2) is 0 Å². The SMILES string of the molecule is C=CCN1CCC2(CC1)CC(NC(=O)c1ccnnc1)c1ccccc1O2.O=C(O)C(F)(F)F. The first-order valence-electron chi connectivity index (χ1n) is 10.6. The number of para-hydroxylation sites is 1. The molecular formula is C23H25F3N4O4. The van der Waals surface area contributed by atoms with Crippen LogP contribution in [0.2, 0.25) is 0 Å². The van der Waals surface area contributed by atoms with E-state index in [2.05, 4.69) is 27.0 Å². The fourth-order valence-corrected chi connectivity index (χ4v) is 4.05. The smallest absolute Gasteiger partial charge is 0.487 e. The number of benzene rings is 1. The highest BCUT2D eigenvalue weighted by Gasteiger charge is 2.43. The predicted octanol–water partition coefficient (Wildman–Crippen LogP) is 3.38. The summed E-state index contributed by atoms with van der Waals surface area (Å²) in [6.07, 6.45) is 2.54. The minimum atomic E-state index is -5.08. The van der Waals surface area contributed by atoms with Gasteiger partial charge in [-0.3, -0.25) is 9.69 Å². The Hall–Kier alpha value is -3.47. The molecule has 11 heteroatoms. The molecule has 182 valence electrons. The van der Waals surface area contributed by atoms with Crippen molar-refractivity contribution in [1.29, 1.82) is 0 Å². The van der Waals surface area contributed by atoms with Crippen molar-refractivity contribution < 1.29 is 32.6 Å². The number of alkyl halides is 3. The number of ether oxygens (including phenoxy) is 1. The lowest BCUT2D eigenvalue weighted by molar-refractivity contribution is -0.192. The van der Waals surface area contributed by atoms with Gasteiger partial charge in [-0.1, -0.05) is 24.3 Å². The van der Waals surface area contributed by atoms with Gasteiger partial charge in [0.05, 0.1) is 24.0 Å². The Morgan fingerprint density at radius 1 is 1.24 bits per heavy atom. The van der Waals surface area contributed by atoms with Crippen LogP contribution in [0.25, 0.3) is 0 Å². The average Bonchev–Trinajstić information content (AvgIpc) is 2.81. The van der Waals surface area contributed by atoms with Gasteiger partial charge < -0.3 is 15.2 Å². The summed E-state index contributed by atoms with van der Waals surface area (Å²) in [4.78, 5) is 24.0. The third-order valence-electron chi connectivity index (χ3n) is 5.75. The molecule has 0 radical (unpaired) electrons. The largest absolute Gasteiger partial charge is 0.490 e. The second-order valence-electron chi connectivity index (χ2n) is 8.08. The Labute approximate surface area is 194 Å². The molecule has 34 heavy (non-hydrogen) atoms. The molecule has 8 nitrogen and oxygen atoms in total. The number of aromatic nitrogens is 2. The zero-order valence-electron chi connectivity index (χ0n) is 18.3. The summed E-state index contributed by atoms with van der Waals surface area (Å²) in [5, 5.41) is 17.9. The van der Waals surface area contributed by atoms with Gasteiger partial charge in [-0.05, 0) is 25.0 Å². The second kappa shape index (κ2) is 10.6. The normalized spacial score (nSPS) is 19.1. The molecule has 2 N–H and O–H groups in total. The third-order valence-corrected chi connectivity index (χ3v) is 5.75. The maximum atomic E-state index is 12.7. The van der Waals surface area contributed by atoms with Gasteiger partial charge in [-0.15, -0.1) is 6.58 Å². The van der Waals surface area contributed by atoms with Crippen molar-refractivity contribution >= 4 is 11.9 Å². The molecule has 1 amide bonds. The molecule has 1 atom stereocenters. The van der Waals surface area contributed by atoms with Gasteiger partial charge in [0.25, 0.3) is 5.91 Å². The standard InChI is InChI=1S/C21H24N4O2.C2HF3O2/c1-2-11-25-12-8-21(9-13-25)14-18(17-5-3-4-6-19(17)27-21)24-20(26)16-7-10-22-23-15-16;3-2(4,5)1(6)7/h2-7,10,15,18H,1,8-9,11-14H2,(H,24,26);(H,6,7). The van der Waals surface area contributed by atoms with Crippen molar-refractivity contribution in [3.63, 3.8) is 0 Å². The second-order valence-corrected chi connectivity index (χ2v) is 8.08. The Balaban J connectivity index is 0.000000406. The summed E-state index contributed by atoms with van der Waals surface area (Å²) in [6.45, 7) is 6.69. The summed E-state index contributed by atoms with van der Waals surface area (Å²) in [6, 6.07) is 9.60. The highest BCUT2D eigenvalue weighted by molar-refractivity contribution is 5.94. The number of fused-ring (bicyclic) bond motifs is 1. The lowest BCUT2D eigenvalue weighted by Crippen LogP contribution is -2.52. The maximum absolute atomic E-state index is 12.7. The number of carbonyl (C=O) groups is 2. The van der Waals surface area contributed by atoms with Gasteiger partial charge in [0.2, 0.25) is 0 Å². The summed E-state index contributed by atoms with van der Waals surface area (Å²) >= 11 is 0. The first-order valence-corrected chi connectivity index (χ1v) is 10.6. The Bertz CT molecular complexity index is 1010. The third kappa shape index (κ3) is 6.31. The number of carbonyl (C=O) groups excluding carboxylic acids is 1. The molecular weight excluding hydrogens is 453 g/mol. The molecule has 2 aliphatic rings. The van der Waals surface area contributed by atoms with Crippen molar-refractivity contribution in [2.24, 2.45) is 0 Å². The molecule has 0 aliphatic carbocycles. The monoisotopic (exact) mass is 478 g/mol. The van der Waals surface area contributed by atoms with Crippen LogP contribution < -0.4 is 10.1 Å². The van der Waals surface area contributed by atoms with Crippen LogP contribution in [0, 0.1) is 0 Å². The number of hydrogen-bond donors (Lipinski definition) is 2. The highest BCUT2D eigenvalue weighted by Crippen LogP contribution is 2.44. The number of aliphatic carboxylic acids is 1. The van der Waals surface area contributed by atoms with E-state index in [1.165, 1.54) is 12.4 Å². The number of rotatable bonds is 4. The van der Waals surface area contributed by atoms with Gasteiger partial charge in [-0.25, -0.2) is 4.79 Å². The zero-order chi connectivity index (χ0) is 24.8. The number of piperidine rings is 1. The number of nitrogens with one attached hydrogen (secondary N) is 1. The van der Waals surface area contributed by atoms with E-state index >= 15 is 0 Å². The average molecular weight is 478 g/mol. The molecule has 3 heterocycles. The van der Waals surface area contributed by atoms with E-state index in [0.717, 1.165) is 50.2 Å². The Morgan fingerprint density at radius 2 is 1.91 bits per heavy atom. The van der Waals surface area contributed by atoms with Crippen molar-refractivity contribution in [2.45, 2.75) is 37.1 Å². The lowest BCUT2D eigenvalue weighted by atomic mass is 9.80. The minimum Gasteiger partial charge on any atom is -0.487 e.